The fourth-order valence-electron chi connectivity index (χ4n) is 2.14. The molecule has 5 heteroatoms. The van der Waals surface area contributed by atoms with Crippen LogP contribution in [0.5, 0.6) is 0 Å². The Morgan fingerprint density at radius 3 is 2.68 bits per heavy atom. The summed E-state index contributed by atoms with van der Waals surface area (Å²) in [5, 5.41) is 11.7. The molecule has 0 aromatic heterocycles. The highest BCUT2D eigenvalue weighted by Crippen LogP contribution is 2.17. The minimum absolute atomic E-state index is 0.0577. The first kappa shape index (κ1) is 13.5. The van der Waals surface area contributed by atoms with Crippen LogP contribution in [-0.2, 0) is 16.1 Å². The topological polar surface area (TPSA) is 69.6 Å². The molecule has 1 aromatic rings. The van der Waals surface area contributed by atoms with Crippen LogP contribution in [0.15, 0.2) is 24.3 Å². The number of carboxylic acid groups (broad SMARTS) is 1. The van der Waals surface area contributed by atoms with Gasteiger partial charge in [0.1, 0.15) is 0 Å². The molecular formula is C14H18N2O3. The van der Waals surface area contributed by atoms with Crippen molar-refractivity contribution in [2.75, 3.05) is 19.6 Å². The van der Waals surface area contributed by atoms with E-state index in [1.54, 1.807) is 6.92 Å². The summed E-state index contributed by atoms with van der Waals surface area (Å²) in [6, 6.07) is 7.55. The number of rotatable bonds is 4. The Morgan fingerprint density at radius 2 is 2.11 bits per heavy atom. The predicted molar refractivity (Wildman–Crippen MR) is 70.8 cm³/mol. The van der Waals surface area contributed by atoms with Crippen LogP contribution in [0.4, 0.5) is 0 Å². The van der Waals surface area contributed by atoms with Gasteiger partial charge < -0.3 is 10.4 Å². The minimum atomic E-state index is -0.819. The van der Waals surface area contributed by atoms with Crippen LogP contribution in [-0.4, -0.2) is 41.5 Å². The molecule has 0 saturated carbocycles. The van der Waals surface area contributed by atoms with E-state index in [4.69, 9.17) is 5.11 Å². The van der Waals surface area contributed by atoms with Crippen LogP contribution in [0.3, 0.4) is 0 Å². The highest BCUT2D eigenvalue weighted by molar-refractivity contribution is 5.78. The van der Waals surface area contributed by atoms with Gasteiger partial charge in [0, 0.05) is 19.6 Å². The second-order valence-electron chi connectivity index (χ2n) is 4.86. The molecule has 0 bridgehead atoms. The van der Waals surface area contributed by atoms with Crippen LogP contribution < -0.4 is 5.32 Å². The fourth-order valence-corrected chi connectivity index (χ4v) is 2.14. The number of nitrogens with zero attached hydrogens (tertiary/aromatic N) is 1. The van der Waals surface area contributed by atoms with Crippen LogP contribution in [0, 0.1) is 0 Å². The van der Waals surface area contributed by atoms with Crippen molar-refractivity contribution < 1.29 is 14.7 Å². The second-order valence-corrected chi connectivity index (χ2v) is 4.86. The zero-order valence-corrected chi connectivity index (χ0v) is 10.9. The number of hydrogen-bond acceptors (Lipinski definition) is 3. The minimum Gasteiger partial charge on any atom is -0.481 e. The molecule has 1 aliphatic rings. The third-order valence-corrected chi connectivity index (χ3v) is 3.37. The molecule has 1 saturated heterocycles. The summed E-state index contributed by atoms with van der Waals surface area (Å²) in [5.74, 6) is -1.25. The summed E-state index contributed by atoms with van der Waals surface area (Å²) in [6.45, 7) is 4.35. The Labute approximate surface area is 112 Å². The summed E-state index contributed by atoms with van der Waals surface area (Å²) >= 11 is 0. The van der Waals surface area contributed by atoms with E-state index in [1.165, 1.54) is 0 Å². The number of amides is 1. The van der Waals surface area contributed by atoms with Gasteiger partial charge in [0.05, 0.1) is 12.5 Å². The van der Waals surface area contributed by atoms with Crippen molar-refractivity contribution in [3.8, 4) is 0 Å². The molecule has 19 heavy (non-hydrogen) atoms. The quantitative estimate of drug-likeness (QED) is 0.842. The average molecular weight is 262 g/mol. The van der Waals surface area contributed by atoms with Crippen molar-refractivity contribution in [2.24, 2.45) is 0 Å². The van der Waals surface area contributed by atoms with E-state index in [1.807, 2.05) is 24.3 Å². The van der Waals surface area contributed by atoms with Crippen molar-refractivity contribution in [1.82, 2.24) is 10.2 Å². The number of hydrogen-bond donors (Lipinski definition) is 2. The third kappa shape index (κ3) is 3.54. The van der Waals surface area contributed by atoms with Gasteiger partial charge in [-0.2, -0.15) is 0 Å². The number of carboxylic acids is 1. The molecule has 1 amide bonds. The highest BCUT2D eigenvalue weighted by atomic mass is 16.4. The van der Waals surface area contributed by atoms with E-state index in [0.717, 1.165) is 24.2 Å². The Hall–Kier alpha value is -1.88. The number of piperazine rings is 1. The maximum atomic E-state index is 11.3. The first-order valence-corrected chi connectivity index (χ1v) is 6.37. The largest absolute Gasteiger partial charge is 0.481 e. The fraction of sp³-hybridized carbons (Fsp3) is 0.429. The van der Waals surface area contributed by atoms with Crippen molar-refractivity contribution in [1.29, 1.82) is 0 Å². The molecule has 1 aromatic carbocycles. The lowest BCUT2D eigenvalue weighted by Gasteiger charge is -2.26. The van der Waals surface area contributed by atoms with E-state index in [9.17, 15) is 9.59 Å². The van der Waals surface area contributed by atoms with Gasteiger partial charge in [-0.05, 0) is 18.1 Å². The first-order valence-electron chi connectivity index (χ1n) is 6.37. The zero-order chi connectivity index (χ0) is 13.8. The standard InChI is InChI=1S/C14H18N2O3/c1-10(14(18)19)12-4-2-11(3-5-12)8-16-7-6-15-13(17)9-16/h2-5,10H,6-9H2,1H3,(H,15,17)(H,18,19). The van der Waals surface area contributed by atoms with Gasteiger partial charge in [-0.3, -0.25) is 14.5 Å². The first-order chi connectivity index (χ1) is 9.06. The molecule has 102 valence electrons. The number of aliphatic carboxylic acids is 1. The predicted octanol–water partition coefficient (Wildman–Crippen LogP) is 0.806. The Morgan fingerprint density at radius 1 is 1.42 bits per heavy atom. The average Bonchev–Trinajstić information content (AvgIpc) is 2.39. The van der Waals surface area contributed by atoms with E-state index in [0.29, 0.717) is 13.1 Å². The van der Waals surface area contributed by atoms with Crippen LogP contribution in [0.2, 0.25) is 0 Å². The molecule has 0 aliphatic carbocycles. The summed E-state index contributed by atoms with van der Waals surface area (Å²) in [6.07, 6.45) is 0. The monoisotopic (exact) mass is 262 g/mol. The van der Waals surface area contributed by atoms with Gasteiger partial charge in [0.15, 0.2) is 0 Å². The van der Waals surface area contributed by atoms with Gasteiger partial charge in [-0.25, -0.2) is 0 Å². The molecule has 2 N–H and O–H groups in total. The molecule has 2 rings (SSSR count). The Balaban J connectivity index is 1.98. The molecule has 0 radical (unpaired) electrons. The van der Waals surface area contributed by atoms with Gasteiger partial charge in [0.2, 0.25) is 5.91 Å². The summed E-state index contributed by atoms with van der Waals surface area (Å²) < 4.78 is 0. The van der Waals surface area contributed by atoms with Crippen LogP contribution in [0.25, 0.3) is 0 Å². The maximum Gasteiger partial charge on any atom is 0.310 e. The normalized spacial score (nSPS) is 17.8. The van der Waals surface area contributed by atoms with E-state index in [-0.39, 0.29) is 5.91 Å². The zero-order valence-electron chi connectivity index (χ0n) is 10.9. The van der Waals surface area contributed by atoms with Crippen molar-refractivity contribution in [2.45, 2.75) is 19.4 Å². The molecule has 0 spiro atoms. The summed E-state index contributed by atoms with van der Waals surface area (Å²) in [4.78, 5) is 24.2. The lowest BCUT2D eigenvalue weighted by molar-refractivity contribution is -0.138. The lowest BCUT2D eigenvalue weighted by atomic mass is 10.00. The number of benzene rings is 1. The Kier molecular flexibility index (Phi) is 4.16. The molecule has 5 nitrogen and oxygen atoms in total. The van der Waals surface area contributed by atoms with Gasteiger partial charge >= 0.3 is 5.97 Å². The van der Waals surface area contributed by atoms with Crippen molar-refractivity contribution in [3.63, 3.8) is 0 Å². The SMILES string of the molecule is CC(C(=O)O)c1ccc(CN2CCNC(=O)C2)cc1. The number of carbonyl (C=O) groups is 2. The summed E-state index contributed by atoms with van der Waals surface area (Å²) in [7, 11) is 0. The van der Waals surface area contributed by atoms with Crippen molar-refractivity contribution in [3.05, 3.63) is 35.4 Å². The van der Waals surface area contributed by atoms with E-state index >= 15 is 0 Å². The third-order valence-electron chi connectivity index (χ3n) is 3.37. The lowest BCUT2D eigenvalue weighted by Crippen LogP contribution is -2.47. The van der Waals surface area contributed by atoms with Gasteiger partial charge in [-0.15, -0.1) is 0 Å². The van der Waals surface area contributed by atoms with Crippen molar-refractivity contribution >= 4 is 11.9 Å². The van der Waals surface area contributed by atoms with Gasteiger partial charge in [-0.1, -0.05) is 24.3 Å². The molecule has 1 unspecified atom stereocenters. The number of carbonyl (C=O) groups excluding carboxylic acids is 1. The number of nitrogens with one attached hydrogen (secondary N) is 1. The van der Waals surface area contributed by atoms with Gasteiger partial charge in [0.25, 0.3) is 0 Å². The van der Waals surface area contributed by atoms with Crippen LogP contribution in [0.1, 0.15) is 24.0 Å². The van der Waals surface area contributed by atoms with Crippen LogP contribution >= 0.6 is 0 Å². The molecule has 1 atom stereocenters. The maximum absolute atomic E-state index is 11.3. The molecule has 1 fully saturated rings. The molecule has 1 aliphatic heterocycles. The molecular weight excluding hydrogens is 244 g/mol. The van der Waals surface area contributed by atoms with E-state index in [2.05, 4.69) is 10.2 Å². The highest BCUT2D eigenvalue weighted by Gasteiger charge is 2.17. The summed E-state index contributed by atoms with van der Waals surface area (Å²) in [5.41, 5.74) is 1.89. The second kappa shape index (κ2) is 5.84. The molecule has 1 heterocycles. The Bertz CT molecular complexity index is 470. The van der Waals surface area contributed by atoms with E-state index < -0.39 is 11.9 Å². The smallest absolute Gasteiger partial charge is 0.310 e.